The summed E-state index contributed by atoms with van der Waals surface area (Å²) in [5, 5.41) is 0.608. The predicted molar refractivity (Wildman–Crippen MR) is 128 cm³/mol. The highest BCUT2D eigenvalue weighted by Gasteiger charge is 2.27. The first kappa shape index (κ1) is 22.0. The average molecular weight is 454 g/mol. The molecule has 0 aliphatic rings. The van der Waals surface area contributed by atoms with Crippen molar-refractivity contribution >= 4 is 38.2 Å². The highest BCUT2D eigenvalue weighted by Crippen LogP contribution is 2.40. The van der Waals surface area contributed by atoms with Crippen molar-refractivity contribution < 1.29 is 14.3 Å². The summed E-state index contributed by atoms with van der Waals surface area (Å²) in [7, 11) is 7.28. The molecule has 0 aliphatic heterocycles. The fourth-order valence-corrected chi connectivity index (χ4v) is 4.82. The molecule has 168 valence electrons. The maximum Gasteiger partial charge on any atom is 0.278 e. The number of carbonyl (C=O) groups is 1. The van der Waals surface area contributed by atoms with Gasteiger partial charge >= 0.3 is 0 Å². The first-order valence-electron chi connectivity index (χ1n) is 10.4. The monoisotopic (exact) mass is 453 g/mol. The van der Waals surface area contributed by atoms with Crippen LogP contribution in [0.1, 0.15) is 22.6 Å². The average Bonchev–Trinajstić information content (AvgIpc) is 3.36. The van der Waals surface area contributed by atoms with Crippen LogP contribution in [0.5, 0.6) is 11.5 Å². The molecular weight excluding hydrogens is 426 g/mol. The molecule has 0 N–H and O–H groups in total. The Balaban J connectivity index is 1.82. The Hall–Kier alpha value is -3.17. The molecular formula is C23H27N5O3S. The maximum atomic E-state index is 13.9. The molecule has 32 heavy (non-hydrogen) atoms. The first-order chi connectivity index (χ1) is 15.4. The number of ether oxygens (including phenoxy) is 2. The number of thiazole rings is 1. The van der Waals surface area contributed by atoms with Crippen LogP contribution in [-0.2, 0) is 0 Å². The normalized spacial score (nSPS) is 11.4. The van der Waals surface area contributed by atoms with E-state index in [9.17, 15) is 4.79 Å². The van der Waals surface area contributed by atoms with E-state index in [2.05, 4.69) is 9.88 Å². The van der Waals surface area contributed by atoms with Crippen molar-refractivity contribution in [3.8, 4) is 11.5 Å². The molecule has 0 fully saturated rings. The van der Waals surface area contributed by atoms with Crippen LogP contribution in [0, 0.1) is 6.92 Å². The summed E-state index contributed by atoms with van der Waals surface area (Å²) in [4.78, 5) is 27.1. The lowest BCUT2D eigenvalue weighted by Crippen LogP contribution is -2.34. The first-order valence-corrected chi connectivity index (χ1v) is 11.2. The van der Waals surface area contributed by atoms with Gasteiger partial charge in [0.15, 0.2) is 5.13 Å². The number of amides is 1. The van der Waals surface area contributed by atoms with Crippen molar-refractivity contribution in [1.29, 1.82) is 0 Å². The number of hydrogen-bond donors (Lipinski definition) is 0. The van der Waals surface area contributed by atoms with Crippen LogP contribution in [0.4, 0.5) is 5.13 Å². The summed E-state index contributed by atoms with van der Waals surface area (Å²) in [6.45, 7) is 3.25. The van der Waals surface area contributed by atoms with E-state index in [-0.39, 0.29) is 5.91 Å². The van der Waals surface area contributed by atoms with E-state index in [0.29, 0.717) is 40.1 Å². The minimum Gasteiger partial charge on any atom is -0.495 e. The molecule has 9 heteroatoms. The summed E-state index contributed by atoms with van der Waals surface area (Å²) < 4.78 is 13.7. The number of pyridine rings is 1. The van der Waals surface area contributed by atoms with Gasteiger partial charge in [0.1, 0.15) is 33.1 Å². The number of methoxy groups -OCH3 is 2. The third kappa shape index (κ3) is 4.01. The van der Waals surface area contributed by atoms with Crippen LogP contribution in [0.2, 0.25) is 0 Å². The molecule has 0 unspecified atom stereocenters. The number of aromatic nitrogens is 3. The van der Waals surface area contributed by atoms with Crippen molar-refractivity contribution in [3.05, 3.63) is 47.9 Å². The highest BCUT2D eigenvalue weighted by atomic mass is 32.1. The maximum absolute atomic E-state index is 13.9. The van der Waals surface area contributed by atoms with Gasteiger partial charge in [-0.05, 0) is 58.3 Å². The van der Waals surface area contributed by atoms with Crippen LogP contribution >= 0.6 is 11.3 Å². The van der Waals surface area contributed by atoms with Crippen molar-refractivity contribution in [2.75, 3.05) is 46.3 Å². The number of benzene rings is 1. The predicted octanol–water partition coefficient (Wildman–Crippen LogP) is 3.87. The molecule has 1 aromatic carbocycles. The second-order valence-corrected chi connectivity index (χ2v) is 8.71. The Morgan fingerprint density at radius 3 is 2.53 bits per heavy atom. The van der Waals surface area contributed by atoms with Gasteiger partial charge < -0.3 is 14.4 Å². The summed E-state index contributed by atoms with van der Waals surface area (Å²) in [5.74, 6) is 1.23. The smallest absolute Gasteiger partial charge is 0.278 e. The number of rotatable bonds is 8. The van der Waals surface area contributed by atoms with Gasteiger partial charge in [0.2, 0.25) is 0 Å². The van der Waals surface area contributed by atoms with Crippen LogP contribution < -0.4 is 14.4 Å². The van der Waals surface area contributed by atoms with Crippen LogP contribution in [-0.4, -0.2) is 66.6 Å². The zero-order valence-electron chi connectivity index (χ0n) is 19.0. The zero-order valence-corrected chi connectivity index (χ0v) is 19.8. The van der Waals surface area contributed by atoms with Gasteiger partial charge in [0, 0.05) is 12.7 Å². The van der Waals surface area contributed by atoms with Crippen LogP contribution in [0.25, 0.3) is 15.9 Å². The molecule has 1 amide bonds. The Bertz CT molecular complexity index is 1220. The van der Waals surface area contributed by atoms with Crippen molar-refractivity contribution in [2.45, 2.75) is 13.3 Å². The minimum absolute atomic E-state index is 0.128. The number of hydrogen-bond acceptors (Lipinski definition) is 7. The molecule has 4 aromatic rings. The lowest BCUT2D eigenvalue weighted by atomic mass is 10.2. The van der Waals surface area contributed by atoms with E-state index in [0.717, 1.165) is 23.3 Å². The van der Waals surface area contributed by atoms with Gasteiger partial charge in [-0.25, -0.2) is 9.97 Å². The van der Waals surface area contributed by atoms with Crippen molar-refractivity contribution in [3.63, 3.8) is 0 Å². The molecule has 0 saturated carbocycles. The van der Waals surface area contributed by atoms with Crippen molar-refractivity contribution in [2.24, 2.45) is 0 Å². The standard InChI is InChI=1S/C23H27N5O3S/c1-15-20(27-13-7-6-9-18(27)24-15)22(29)28(14-8-12-26(2)3)23-25-19-16(30-4)10-11-17(31-5)21(19)32-23/h6-7,9-11,13H,8,12,14H2,1-5H3. The molecule has 0 aliphatic carbocycles. The van der Waals surface area contributed by atoms with Gasteiger partial charge in [0.25, 0.3) is 5.91 Å². The SMILES string of the molecule is COc1ccc(OC)c2sc(N(CCCN(C)C)C(=O)c3c(C)nc4ccccn34)nc12. The molecule has 3 aromatic heterocycles. The molecule has 0 atom stereocenters. The molecule has 0 saturated heterocycles. The van der Waals surface area contributed by atoms with E-state index in [1.165, 1.54) is 11.3 Å². The molecule has 0 bridgehead atoms. The Morgan fingerprint density at radius 1 is 1.06 bits per heavy atom. The van der Waals surface area contributed by atoms with E-state index in [1.54, 1.807) is 19.1 Å². The number of imidazole rings is 1. The number of anilines is 1. The van der Waals surface area contributed by atoms with Gasteiger partial charge in [-0.3, -0.25) is 14.1 Å². The minimum atomic E-state index is -0.128. The lowest BCUT2D eigenvalue weighted by molar-refractivity contribution is 0.0979. The Kier molecular flexibility index (Phi) is 6.29. The number of aryl methyl sites for hydroxylation is 1. The van der Waals surface area contributed by atoms with Crippen LogP contribution in [0.3, 0.4) is 0 Å². The third-order valence-corrected chi connectivity index (χ3v) is 6.36. The van der Waals surface area contributed by atoms with Crippen molar-refractivity contribution in [1.82, 2.24) is 19.3 Å². The summed E-state index contributed by atoms with van der Waals surface area (Å²) in [6, 6.07) is 9.40. The largest absolute Gasteiger partial charge is 0.495 e. The number of nitrogens with zero attached hydrogens (tertiary/aromatic N) is 5. The molecule has 8 nitrogen and oxygen atoms in total. The molecule has 4 rings (SSSR count). The molecule has 0 radical (unpaired) electrons. The van der Waals surface area contributed by atoms with E-state index in [4.69, 9.17) is 14.5 Å². The molecule has 0 spiro atoms. The fraction of sp³-hybridized carbons (Fsp3) is 0.348. The van der Waals surface area contributed by atoms with E-state index < -0.39 is 0 Å². The molecule has 3 heterocycles. The zero-order chi connectivity index (χ0) is 22.8. The lowest BCUT2D eigenvalue weighted by Gasteiger charge is -2.21. The summed E-state index contributed by atoms with van der Waals surface area (Å²) in [6.07, 6.45) is 2.67. The number of carbonyl (C=O) groups excluding carboxylic acids is 1. The van der Waals surface area contributed by atoms with Crippen LogP contribution in [0.15, 0.2) is 36.5 Å². The summed E-state index contributed by atoms with van der Waals surface area (Å²) >= 11 is 1.43. The second kappa shape index (κ2) is 9.13. The Morgan fingerprint density at radius 2 is 1.81 bits per heavy atom. The highest BCUT2D eigenvalue weighted by molar-refractivity contribution is 7.22. The van der Waals surface area contributed by atoms with E-state index >= 15 is 0 Å². The quantitative estimate of drug-likeness (QED) is 0.403. The second-order valence-electron chi connectivity index (χ2n) is 7.73. The summed E-state index contributed by atoms with van der Waals surface area (Å²) in [5.41, 5.74) is 2.67. The van der Waals surface area contributed by atoms with Gasteiger partial charge in [-0.15, -0.1) is 0 Å². The Labute approximate surface area is 191 Å². The fourth-order valence-electron chi connectivity index (χ4n) is 3.72. The third-order valence-electron chi connectivity index (χ3n) is 5.27. The number of fused-ring (bicyclic) bond motifs is 2. The van der Waals surface area contributed by atoms with E-state index in [1.807, 2.05) is 61.9 Å². The topological polar surface area (TPSA) is 72.2 Å². The van der Waals surface area contributed by atoms with Gasteiger partial charge in [-0.2, -0.15) is 0 Å². The van der Waals surface area contributed by atoms with Gasteiger partial charge in [0.05, 0.1) is 19.9 Å². The van der Waals surface area contributed by atoms with Gasteiger partial charge in [-0.1, -0.05) is 17.4 Å².